The van der Waals surface area contributed by atoms with Crippen LogP contribution in [0.2, 0.25) is 0 Å². The van der Waals surface area contributed by atoms with E-state index in [1.165, 1.54) is 4.72 Å². The van der Waals surface area contributed by atoms with Crippen LogP contribution >= 0.6 is 0 Å². The molecule has 2 aromatic heterocycles. The zero-order chi connectivity index (χ0) is 20.9. The Balaban J connectivity index is 2.84. The number of pyridine rings is 1. The van der Waals surface area contributed by atoms with Crippen LogP contribution in [0.15, 0.2) is 6.20 Å². The summed E-state index contributed by atoms with van der Waals surface area (Å²) in [6, 6.07) is 0. The first kappa shape index (κ1) is 20.8. The Kier molecular flexibility index (Phi) is 4.83. The molecule has 2 rings (SSSR count). The van der Waals surface area contributed by atoms with Gasteiger partial charge >= 0.3 is 12.4 Å². The van der Waals surface area contributed by atoms with Crippen LogP contribution in [0.1, 0.15) is 11.3 Å². The average molecular weight is 428 g/mol. The van der Waals surface area contributed by atoms with Crippen molar-refractivity contribution in [2.45, 2.75) is 12.4 Å². The van der Waals surface area contributed by atoms with E-state index in [0.29, 0.717) is 6.26 Å². The number of hydrogen-bond donors (Lipinski definition) is 1. The van der Waals surface area contributed by atoms with Gasteiger partial charge in [-0.2, -0.15) is 40.8 Å². The van der Waals surface area contributed by atoms with E-state index in [4.69, 9.17) is 0 Å². The summed E-state index contributed by atoms with van der Waals surface area (Å²) in [7, 11) is -4.51. The summed E-state index contributed by atoms with van der Waals surface area (Å²) in [5, 5.41) is 2.62. The molecule has 6 nitrogen and oxygen atoms in total. The molecule has 0 aliphatic carbocycles. The first-order valence-electron chi connectivity index (χ1n) is 6.29. The van der Waals surface area contributed by atoms with Crippen molar-refractivity contribution in [1.82, 2.24) is 14.8 Å². The molecule has 0 aliphatic heterocycles. The molecule has 0 atom stereocenters. The molecular formula is C11H5F9N4O2S. The lowest BCUT2D eigenvalue weighted by molar-refractivity contribution is -0.144. The Labute approximate surface area is 143 Å². The SMILES string of the molecule is CS(=O)(=O)Nc1c(-n2cc(F)c(C(F)(F)F)n2)nc(F)c(C(F)(F)F)c1F. The molecule has 0 saturated carbocycles. The Hall–Kier alpha value is -2.52. The standard InChI is InChI=1S/C11H5F9N4O2S/c1-27(25,26)23-6-5(13)4(10(15,16)17)8(14)21-9(6)24-2-3(12)7(22-24)11(18,19)20/h2,23H,1H3. The zero-order valence-electron chi connectivity index (χ0n) is 12.5. The molecular weight excluding hydrogens is 423 g/mol. The summed E-state index contributed by atoms with van der Waals surface area (Å²) in [6.07, 6.45) is -10.8. The second kappa shape index (κ2) is 6.28. The fourth-order valence-corrected chi connectivity index (χ4v) is 2.41. The van der Waals surface area contributed by atoms with E-state index in [1.54, 1.807) is 0 Å². The summed E-state index contributed by atoms with van der Waals surface area (Å²) in [6.45, 7) is 0. The number of sulfonamides is 1. The Bertz CT molecular complexity index is 995. The van der Waals surface area contributed by atoms with E-state index in [1.807, 2.05) is 0 Å². The monoisotopic (exact) mass is 428 g/mol. The van der Waals surface area contributed by atoms with Gasteiger partial charge < -0.3 is 0 Å². The van der Waals surface area contributed by atoms with Gasteiger partial charge in [-0.1, -0.05) is 0 Å². The number of alkyl halides is 6. The fraction of sp³-hybridized carbons (Fsp3) is 0.273. The molecule has 0 unspecified atom stereocenters. The lowest BCUT2D eigenvalue weighted by atomic mass is 10.2. The number of nitrogens with one attached hydrogen (secondary N) is 1. The number of nitrogens with zero attached hydrogens (tertiary/aromatic N) is 3. The number of aromatic nitrogens is 3. The van der Waals surface area contributed by atoms with Crippen LogP contribution in [-0.4, -0.2) is 29.4 Å². The first-order chi connectivity index (χ1) is 12.0. The van der Waals surface area contributed by atoms with Gasteiger partial charge in [0.2, 0.25) is 21.7 Å². The minimum absolute atomic E-state index is 0.0925. The van der Waals surface area contributed by atoms with Crippen molar-refractivity contribution in [3.8, 4) is 5.82 Å². The fourth-order valence-electron chi connectivity index (χ4n) is 1.85. The van der Waals surface area contributed by atoms with Crippen molar-refractivity contribution < 1.29 is 47.9 Å². The minimum Gasteiger partial charge on any atom is -0.277 e. The Morgan fingerprint density at radius 1 is 1.04 bits per heavy atom. The summed E-state index contributed by atoms with van der Waals surface area (Å²) in [5.74, 6) is -8.59. The van der Waals surface area contributed by atoms with E-state index in [-0.39, 0.29) is 10.9 Å². The van der Waals surface area contributed by atoms with Gasteiger partial charge in [0.25, 0.3) is 0 Å². The van der Waals surface area contributed by atoms with Crippen LogP contribution in [0.25, 0.3) is 5.82 Å². The van der Waals surface area contributed by atoms with Crippen molar-refractivity contribution >= 4 is 15.7 Å². The molecule has 0 aromatic carbocycles. The highest BCUT2D eigenvalue weighted by Crippen LogP contribution is 2.38. The summed E-state index contributed by atoms with van der Waals surface area (Å²) < 4.78 is 141. The third-order valence-corrected chi connectivity index (χ3v) is 3.37. The third-order valence-electron chi connectivity index (χ3n) is 2.80. The lowest BCUT2D eigenvalue weighted by Gasteiger charge is -2.16. The van der Waals surface area contributed by atoms with Crippen LogP contribution in [0, 0.1) is 17.6 Å². The van der Waals surface area contributed by atoms with Crippen LogP contribution in [-0.2, 0) is 22.4 Å². The third kappa shape index (κ3) is 4.25. The maximum atomic E-state index is 14.2. The van der Waals surface area contributed by atoms with Gasteiger partial charge in [-0.3, -0.25) is 4.72 Å². The Morgan fingerprint density at radius 3 is 2.00 bits per heavy atom. The second-order valence-corrected chi connectivity index (χ2v) is 6.68. The normalized spacial score (nSPS) is 13.1. The van der Waals surface area contributed by atoms with E-state index in [9.17, 15) is 47.9 Å². The molecule has 1 N–H and O–H groups in total. The molecule has 0 amide bonds. The quantitative estimate of drug-likeness (QED) is 0.602. The van der Waals surface area contributed by atoms with Crippen molar-refractivity contribution in [3.63, 3.8) is 0 Å². The summed E-state index contributed by atoms with van der Waals surface area (Å²) in [4.78, 5) is 2.60. The van der Waals surface area contributed by atoms with Crippen molar-refractivity contribution in [1.29, 1.82) is 0 Å². The molecule has 16 heteroatoms. The second-order valence-electron chi connectivity index (χ2n) is 4.93. The molecule has 27 heavy (non-hydrogen) atoms. The molecule has 0 spiro atoms. The maximum absolute atomic E-state index is 14.2. The topological polar surface area (TPSA) is 76.9 Å². The summed E-state index contributed by atoms with van der Waals surface area (Å²) >= 11 is 0. The van der Waals surface area contributed by atoms with E-state index < -0.39 is 62.7 Å². The molecule has 0 bridgehead atoms. The van der Waals surface area contributed by atoms with Gasteiger partial charge in [0, 0.05) is 0 Å². The highest BCUT2D eigenvalue weighted by molar-refractivity contribution is 7.92. The van der Waals surface area contributed by atoms with Gasteiger partial charge in [0.1, 0.15) is 11.3 Å². The minimum atomic E-state index is -5.67. The smallest absolute Gasteiger partial charge is 0.277 e. The number of anilines is 1. The highest BCUT2D eigenvalue weighted by Gasteiger charge is 2.42. The van der Waals surface area contributed by atoms with E-state index in [2.05, 4.69) is 10.1 Å². The first-order valence-corrected chi connectivity index (χ1v) is 8.18. The predicted molar refractivity (Wildman–Crippen MR) is 69.7 cm³/mol. The predicted octanol–water partition coefficient (Wildman–Crippen LogP) is 3.09. The van der Waals surface area contributed by atoms with Gasteiger partial charge in [0.05, 0.1) is 12.5 Å². The van der Waals surface area contributed by atoms with Crippen molar-refractivity contribution in [3.05, 3.63) is 35.0 Å². The lowest BCUT2D eigenvalue weighted by Crippen LogP contribution is -2.21. The number of halogens is 9. The zero-order valence-corrected chi connectivity index (χ0v) is 13.4. The van der Waals surface area contributed by atoms with Crippen LogP contribution in [0.4, 0.5) is 45.2 Å². The van der Waals surface area contributed by atoms with Gasteiger partial charge in [-0.05, 0) is 0 Å². The van der Waals surface area contributed by atoms with Gasteiger partial charge in [0.15, 0.2) is 17.5 Å². The Morgan fingerprint density at radius 2 is 1.59 bits per heavy atom. The number of hydrogen-bond acceptors (Lipinski definition) is 4. The maximum Gasteiger partial charge on any atom is 0.438 e. The molecule has 0 saturated heterocycles. The van der Waals surface area contributed by atoms with Gasteiger partial charge in [-0.15, -0.1) is 0 Å². The van der Waals surface area contributed by atoms with Crippen molar-refractivity contribution in [2.75, 3.05) is 11.0 Å². The van der Waals surface area contributed by atoms with Crippen LogP contribution in [0.3, 0.4) is 0 Å². The number of rotatable bonds is 3. The molecule has 0 fully saturated rings. The van der Waals surface area contributed by atoms with Crippen molar-refractivity contribution in [2.24, 2.45) is 0 Å². The van der Waals surface area contributed by atoms with E-state index >= 15 is 0 Å². The van der Waals surface area contributed by atoms with E-state index in [0.717, 1.165) is 0 Å². The van der Waals surface area contributed by atoms with Gasteiger partial charge in [-0.25, -0.2) is 21.9 Å². The molecule has 0 aliphatic rings. The van der Waals surface area contributed by atoms with Crippen LogP contribution < -0.4 is 4.72 Å². The molecule has 0 radical (unpaired) electrons. The highest BCUT2D eigenvalue weighted by atomic mass is 32.2. The average Bonchev–Trinajstić information content (AvgIpc) is 2.80. The molecule has 2 heterocycles. The summed E-state index contributed by atoms with van der Waals surface area (Å²) in [5.41, 5.74) is -6.46. The van der Waals surface area contributed by atoms with Crippen LogP contribution in [0.5, 0.6) is 0 Å². The largest absolute Gasteiger partial charge is 0.438 e. The molecule has 150 valence electrons. The molecule has 2 aromatic rings.